The SMILES string of the molecule is O=c1c2cc(Cc3ccccn3)c3ccccc3c2ncn1C1CCCCC1. The van der Waals surface area contributed by atoms with Gasteiger partial charge in [-0.3, -0.25) is 14.3 Å². The second-order valence-corrected chi connectivity index (χ2v) is 7.72. The number of aromatic nitrogens is 3. The Balaban J connectivity index is 1.72. The summed E-state index contributed by atoms with van der Waals surface area (Å²) in [5, 5.41) is 2.90. The van der Waals surface area contributed by atoms with Gasteiger partial charge in [0.2, 0.25) is 0 Å². The van der Waals surface area contributed by atoms with Crippen molar-refractivity contribution in [3.8, 4) is 0 Å². The summed E-state index contributed by atoms with van der Waals surface area (Å²) >= 11 is 0. The molecule has 0 atom stereocenters. The Labute approximate surface area is 163 Å². The lowest BCUT2D eigenvalue weighted by atomic mass is 9.94. The van der Waals surface area contributed by atoms with Crippen molar-refractivity contribution in [3.05, 3.63) is 82.7 Å². The van der Waals surface area contributed by atoms with Gasteiger partial charge in [-0.25, -0.2) is 4.98 Å². The van der Waals surface area contributed by atoms with Crippen LogP contribution in [0.15, 0.2) is 65.8 Å². The first-order valence-electron chi connectivity index (χ1n) is 10.1. The predicted molar refractivity (Wildman–Crippen MR) is 113 cm³/mol. The van der Waals surface area contributed by atoms with Crippen molar-refractivity contribution in [3.63, 3.8) is 0 Å². The van der Waals surface area contributed by atoms with Crippen LogP contribution in [0.1, 0.15) is 49.4 Å². The molecule has 2 aromatic carbocycles. The molecular weight excluding hydrogens is 346 g/mol. The molecule has 4 nitrogen and oxygen atoms in total. The summed E-state index contributed by atoms with van der Waals surface area (Å²) in [5.74, 6) is 0. The minimum absolute atomic E-state index is 0.0879. The van der Waals surface area contributed by atoms with Gasteiger partial charge in [-0.1, -0.05) is 49.6 Å². The van der Waals surface area contributed by atoms with Crippen LogP contribution in [0.2, 0.25) is 0 Å². The van der Waals surface area contributed by atoms with Gasteiger partial charge in [-0.05, 0) is 42.0 Å². The van der Waals surface area contributed by atoms with Crippen LogP contribution in [-0.4, -0.2) is 14.5 Å². The lowest BCUT2D eigenvalue weighted by Crippen LogP contribution is -2.26. The van der Waals surface area contributed by atoms with Crippen molar-refractivity contribution in [2.24, 2.45) is 0 Å². The molecule has 0 N–H and O–H groups in total. The first kappa shape index (κ1) is 17.1. The minimum Gasteiger partial charge on any atom is -0.296 e. The predicted octanol–water partition coefficient (Wildman–Crippen LogP) is 5.04. The molecule has 1 aliphatic rings. The van der Waals surface area contributed by atoms with E-state index in [0.29, 0.717) is 6.42 Å². The molecule has 4 heteroatoms. The molecule has 2 aromatic heterocycles. The van der Waals surface area contributed by atoms with E-state index in [-0.39, 0.29) is 11.6 Å². The van der Waals surface area contributed by atoms with Crippen LogP contribution in [0.5, 0.6) is 0 Å². The number of hydrogen-bond acceptors (Lipinski definition) is 3. The summed E-state index contributed by atoms with van der Waals surface area (Å²) in [6, 6.07) is 16.5. The van der Waals surface area contributed by atoms with Crippen LogP contribution >= 0.6 is 0 Å². The highest BCUT2D eigenvalue weighted by molar-refractivity contribution is 6.06. The van der Waals surface area contributed by atoms with Gasteiger partial charge in [0, 0.05) is 29.7 Å². The maximum Gasteiger partial charge on any atom is 0.261 e. The number of hydrogen-bond donors (Lipinski definition) is 0. The zero-order valence-corrected chi connectivity index (χ0v) is 15.8. The Hall–Kier alpha value is -3.01. The fourth-order valence-electron chi connectivity index (χ4n) is 4.51. The molecule has 1 fully saturated rings. The monoisotopic (exact) mass is 369 g/mol. The summed E-state index contributed by atoms with van der Waals surface area (Å²) in [5.41, 5.74) is 3.02. The zero-order chi connectivity index (χ0) is 18.9. The van der Waals surface area contributed by atoms with Gasteiger partial charge in [0.05, 0.1) is 17.2 Å². The molecule has 0 saturated heterocycles. The molecule has 0 amide bonds. The van der Waals surface area contributed by atoms with Gasteiger partial charge in [0.15, 0.2) is 0 Å². The van der Waals surface area contributed by atoms with E-state index in [0.717, 1.165) is 45.8 Å². The lowest BCUT2D eigenvalue weighted by Gasteiger charge is -2.24. The minimum atomic E-state index is 0.0879. The van der Waals surface area contributed by atoms with E-state index in [1.165, 1.54) is 19.3 Å². The summed E-state index contributed by atoms with van der Waals surface area (Å²) in [4.78, 5) is 22.6. The molecule has 1 saturated carbocycles. The molecular formula is C24H23N3O. The average Bonchev–Trinajstić information content (AvgIpc) is 2.76. The standard InChI is InChI=1S/C24H23N3O/c28-24-22-15-17(14-18-8-6-7-13-25-18)20-11-4-5-12-21(20)23(22)26-16-27(24)19-9-2-1-3-10-19/h4-8,11-13,15-16,19H,1-3,9-10,14H2. The van der Waals surface area contributed by atoms with Crippen LogP contribution in [0.4, 0.5) is 0 Å². The third-order valence-electron chi connectivity index (χ3n) is 5.94. The van der Waals surface area contributed by atoms with Gasteiger partial charge in [0.1, 0.15) is 0 Å². The fourth-order valence-corrected chi connectivity index (χ4v) is 4.51. The highest BCUT2D eigenvalue weighted by atomic mass is 16.1. The molecule has 2 heterocycles. The molecule has 0 bridgehead atoms. The summed E-state index contributed by atoms with van der Waals surface area (Å²) in [6.45, 7) is 0. The zero-order valence-electron chi connectivity index (χ0n) is 15.8. The molecule has 0 aliphatic heterocycles. The molecule has 0 spiro atoms. The maximum atomic E-state index is 13.4. The third kappa shape index (κ3) is 2.99. The van der Waals surface area contributed by atoms with Crippen LogP contribution in [0.25, 0.3) is 21.7 Å². The second-order valence-electron chi connectivity index (χ2n) is 7.72. The van der Waals surface area contributed by atoms with E-state index in [2.05, 4.69) is 17.1 Å². The van der Waals surface area contributed by atoms with Crippen molar-refractivity contribution in [1.29, 1.82) is 0 Å². The van der Waals surface area contributed by atoms with Crippen LogP contribution < -0.4 is 5.56 Å². The second kappa shape index (κ2) is 7.19. The Bertz CT molecular complexity index is 1190. The average molecular weight is 369 g/mol. The van der Waals surface area contributed by atoms with Crippen LogP contribution in [0.3, 0.4) is 0 Å². The Morgan fingerprint density at radius 2 is 1.68 bits per heavy atom. The quantitative estimate of drug-likeness (QED) is 0.475. The summed E-state index contributed by atoms with van der Waals surface area (Å²) in [6.07, 6.45) is 10.1. The first-order chi connectivity index (χ1) is 13.8. The van der Waals surface area contributed by atoms with Crippen molar-refractivity contribution < 1.29 is 0 Å². The molecule has 4 aromatic rings. The molecule has 5 rings (SSSR count). The molecule has 28 heavy (non-hydrogen) atoms. The molecule has 140 valence electrons. The van der Waals surface area contributed by atoms with E-state index in [9.17, 15) is 4.79 Å². The van der Waals surface area contributed by atoms with Gasteiger partial charge in [-0.15, -0.1) is 0 Å². The first-order valence-corrected chi connectivity index (χ1v) is 10.1. The fraction of sp³-hybridized carbons (Fsp3) is 0.292. The number of nitrogens with zero attached hydrogens (tertiary/aromatic N) is 3. The van der Waals surface area contributed by atoms with Crippen molar-refractivity contribution in [2.75, 3.05) is 0 Å². The van der Waals surface area contributed by atoms with E-state index < -0.39 is 0 Å². The van der Waals surface area contributed by atoms with Gasteiger partial charge < -0.3 is 0 Å². The Kier molecular flexibility index (Phi) is 4.40. The van der Waals surface area contributed by atoms with E-state index in [1.54, 1.807) is 6.33 Å². The number of rotatable bonds is 3. The number of benzene rings is 2. The normalized spacial score (nSPS) is 15.3. The van der Waals surface area contributed by atoms with E-state index >= 15 is 0 Å². The number of fused-ring (bicyclic) bond motifs is 3. The van der Waals surface area contributed by atoms with Gasteiger partial charge in [-0.2, -0.15) is 0 Å². The largest absolute Gasteiger partial charge is 0.296 e. The summed E-state index contributed by atoms with van der Waals surface area (Å²) in [7, 11) is 0. The Morgan fingerprint density at radius 3 is 2.46 bits per heavy atom. The van der Waals surface area contributed by atoms with Gasteiger partial charge in [0.25, 0.3) is 5.56 Å². The van der Waals surface area contributed by atoms with Crippen molar-refractivity contribution >= 4 is 21.7 Å². The number of pyridine rings is 1. The van der Waals surface area contributed by atoms with Gasteiger partial charge >= 0.3 is 0 Å². The van der Waals surface area contributed by atoms with E-state index in [4.69, 9.17) is 4.98 Å². The molecule has 1 aliphatic carbocycles. The topological polar surface area (TPSA) is 47.8 Å². The Morgan fingerprint density at radius 1 is 0.893 bits per heavy atom. The lowest BCUT2D eigenvalue weighted by molar-refractivity contribution is 0.345. The highest BCUT2D eigenvalue weighted by Crippen LogP contribution is 2.30. The maximum absolute atomic E-state index is 13.4. The summed E-state index contributed by atoms with van der Waals surface area (Å²) < 4.78 is 1.88. The van der Waals surface area contributed by atoms with Crippen molar-refractivity contribution in [1.82, 2.24) is 14.5 Å². The smallest absolute Gasteiger partial charge is 0.261 e. The van der Waals surface area contributed by atoms with E-state index in [1.807, 2.05) is 47.2 Å². The van der Waals surface area contributed by atoms with Crippen molar-refractivity contribution in [2.45, 2.75) is 44.6 Å². The third-order valence-corrected chi connectivity index (χ3v) is 5.94. The van der Waals surface area contributed by atoms with Crippen LogP contribution in [-0.2, 0) is 6.42 Å². The highest BCUT2D eigenvalue weighted by Gasteiger charge is 2.19. The van der Waals surface area contributed by atoms with Crippen LogP contribution in [0, 0.1) is 0 Å². The molecule has 0 radical (unpaired) electrons. The molecule has 0 unspecified atom stereocenters.